The van der Waals surface area contributed by atoms with Crippen LogP contribution >= 0.6 is 0 Å². The third-order valence-corrected chi connectivity index (χ3v) is 6.46. The quantitative estimate of drug-likeness (QED) is 0.652. The van der Waals surface area contributed by atoms with E-state index in [1.807, 2.05) is 48.2 Å². The third kappa shape index (κ3) is 5.67. The highest BCUT2D eigenvalue weighted by atomic mass is 19.4. The van der Waals surface area contributed by atoms with Crippen LogP contribution in [-0.2, 0) is 4.79 Å². The van der Waals surface area contributed by atoms with Gasteiger partial charge in [0, 0.05) is 31.1 Å². The molecule has 2 atom stereocenters. The predicted molar refractivity (Wildman–Crippen MR) is 112 cm³/mol. The van der Waals surface area contributed by atoms with E-state index in [4.69, 9.17) is 0 Å². The first-order chi connectivity index (χ1) is 14.8. The lowest BCUT2D eigenvalue weighted by molar-refractivity contribution is -0.189. The van der Waals surface area contributed by atoms with E-state index >= 15 is 0 Å². The molecule has 31 heavy (non-hydrogen) atoms. The van der Waals surface area contributed by atoms with Crippen molar-refractivity contribution in [1.82, 2.24) is 9.80 Å². The summed E-state index contributed by atoms with van der Waals surface area (Å²) in [6, 6.07) is 8.32. The van der Waals surface area contributed by atoms with Gasteiger partial charge in [0.15, 0.2) is 0 Å². The Labute approximate surface area is 181 Å². The van der Waals surface area contributed by atoms with Crippen LogP contribution in [0.1, 0.15) is 38.2 Å². The molecule has 0 radical (unpaired) electrons. The van der Waals surface area contributed by atoms with Crippen LogP contribution in [0, 0.1) is 5.92 Å². The fourth-order valence-electron chi connectivity index (χ4n) is 4.67. The summed E-state index contributed by atoms with van der Waals surface area (Å²) in [6.45, 7) is 2.46. The molecule has 0 spiro atoms. The standard InChI is InChI=1S/C23H31F3N2O3/c1-2-17(12-16-6-4-3-5-7-16)20-13-21(20)28(22(31)23(24,25)26)18-8-10-27(11-9-18)19(14-29)15-30/h3-7,12,18-21,29-30H,2,8-11,13-15H2,1H3/b17-12+/t20-,21+/m0/s1. The number of hydrogen-bond donors (Lipinski definition) is 2. The van der Waals surface area contributed by atoms with Crippen molar-refractivity contribution in [3.8, 4) is 0 Å². The zero-order valence-corrected chi connectivity index (χ0v) is 17.8. The van der Waals surface area contributed by atoms with Crippen LogP contribution in [0.5, 0.6) is 0 Å². The molecule has 8 heteroatoms. The second kappa shape index (κ2) is 10.1. The average Bonchev–Trinajstić information content (AvgIpc) is 3.54. The lowest BCUT2D eigenvalue weighted by atomic mass is 9.99. The number of benzene rings is 1. The van der Waals surface area contributed by atoms with Crippen molar-refractivity contribution in [1.29, 1.82) is 0 Å². The number of hydrogen-bond acceptors (Lipinski definition) is 4. The maximum atomic E-state index is 13.4. The minimum atomic E-state index is -4.90. The molecule has 0 unspecified atom stereocenters. The summed E-state index contributed by atoms with van der Waals surface area (Å²) < 4.78 is 40.3. The molecule has 172 valence electrons. The summed E-state index contributed by atoms with van der Waals surface area (Å²) in [7, 11) is 0. The molecule has 1 heterocycles. The molecule has 1 aromatic rings. The highest BCUT2D eigenvalue weighted by molar-refractivity contribution is 5.83. The van der Waals surface area contributed by atoms with Gasteiger partial charge in [0.25, 0.3) is 0 Å². The van der Waals surface area contributed by atoms with Gasteiger partial charge in [-0.25, -0.2) is 0 Å². The molecule has 1 amide bonds. The van der Waals surface area contributed by atoms with Crippen LogP contribution < -0.4 is 0 Å². The Balaban J connectivity index is 1.75. The van der Waals surface area contributed by atoms with Gasteiger partial charge in [0.1, 0.15) is 0 Å². The van der Waals surface area contributed by atoms with Crippen LogP contribution in [0.15, 0.2) is 35.9 Å². The molecule has 2 fully saturated rings. The maximum Gasteiger partial charge on any atom is 0.471 e. The normalized spacial score (nSPS) is 23.3. The molecule has 0 aromatic heterocycles. The molecule has 1 saturated carbocycles. The Bertz CT molecular complexity index is 757. The smallest absolute Gasteiger partial charge is 0.395 e. The minimum absolute atomic E-state index is 0.0582. The molecule has 1 saturated heterocycles. The monoisotopic (exact) mass is 440 g/mol. The fraction of sp³-hybridized carbons (Fsp3) is 0.609. The first-order valence-corrected chi connectivity index (χ1v) is 10.9. The van der Waals surface area contributed by atoms with E-state index in [2.05, 4.69) is 0 Å². The highest BCUT2D eigenvalue weighted by Crippen LogP contribution is 2.46. The number of aliphatic hydroxyl groups excluding tert-OH is 2. The minimum Gasteiger partial charge on any atom is -0.395 e. The molecule has 1 aromatic carbocycles. The molecule has 0 bridgehead atoms. The van der Waals surface area contributed by atoms with E-state index in [1.165, 1.54) is 0 Å². The summed E-state index contributed by atoms with van der Waals surface area (Å²) in [4.78, 5) is 15.3. The van der Waals surface area contributed by atoms with E-state index in [-0.39, 0.29) is 19.1 Å². The van der Waals surface area contributed by atoms with Crippen molar-refractivity contribution < 1.29 is 28.2 Å². The van der Waals surface area contributed by atoms with Crippen molar-refractivity contribution in [2.45, 2.75) is 56.9 Å². The van der Waals surface area contributed by atoms with Crippen molar-refractivity contribution >= 4 is 12.0 Å². The largest absolute Gasteiger partial charge is 0.471 e. The number of amides is 1. The van der Waals surface area contributed by atoms with Gasteiger partial charge in [-0.3, -0.25) is 9.69 Å². The Morgan fingerprint density at radius 3 is 2.32 bits per heavy atom. The first-order valence-electron chi connectivity index (χ1n) is 10.9. The van der Waals surface area contributed by atoms with Crippen LogP contribution in [0.4, 0.5) is 13.2 Å². The lowest BCUT2D eigenvalue weighted by Crippen LogP contribution is -2.54. The van der Waals surface area contributed by atoms with Crippen LogP contribution in [0.25, 0.3) is 6.08 Å². The van der Waals surface area contributed by atoms with Crippen molar-refractivity contribution in [3.63, 3.8) is 0 Å². The molecule has 2 N–H and O–H groups in total. The Kier molecular flexibility index (Phi) is 7.78. The van der Waals surface area contributed by atoms with E-state index in [0.29, 0.717) is 32.4 Å². The topological polar surface area (TPSA) is 64.0 Å². The number of alkyl halides is 3. The number of halogens is 3. The van der Waals surface area contributed by atoms with Gasteiger partial charge >= 0.3 is 12.1 Å². The molecule has 1 aliphatic heterocycles. The van der Waals surface area contributed by atoms with Gasteiger partial charge in [-0.2, -0.15) is 13.2 Å². The van der Waals surface area contributed by atoms with Crippen LogP contribution in [0.2, 0.25) is 0 Å². The molecule has 5 nitrogen and oxygen atoms in total. The average molecular weight is 441 g/mol. The fourth-order valence-corrected chi connectivity index (χ4v) is 4.67. The molecular formula is C23H31F3N2O3. The predicted octanol–water partition coefficient (Wildman–Crippen LogP) is 3.08. The van der Waals surface area contributed by atoms with Gasteiger partial charge < -0.3 is 15.1 Å². The zero-order valence-electron chi connectivity index (χ0n) is 17.8. The van der Waals surface area contributed by atoms with E-state index in [1.54, 1.807) is 0 Å². The first kappa shape index (κ1) is 23.8. The Morgan fingerprint density at radius 2 is 1.81 bits per heavy atom. The third-order valence-electron chi connectivity index (χ3n) is 6.46. The number of nitrogens with zero attached hydrogens (tertiary/aromatic N) is 2. The maximum absolute atomic E-state index is 13.4. The second-order valence-electron chi connectivity index (χ2n) is 8.39. The molecule has 3 rings (SSSR count). The number of rotatable bonds is 8. The molecular weight excluding hydrogens is 409 g/mol. The van der Waals surface area contributed by atoms with Crippen molar-refractivity contribution in [2.24, 2.45) is 5.92 Å². The summed E-state index contributed by atoms with van der Waals surface area (Å²) in [5.41, 5.74) is 2.07. The van der Waals surface area contributed by atoms with Gasteiger partial charge in [0.2, 0.25) is 0 Å². The van der Waals surface area contributed by atoms with E-state index in [9.17, 15) is 28.2 Å². The van der Waals surface area contributed by atoms with E-state index < -0.39 is 30.2 Å². The van der Waals surface area contributed by atoms with Gasteiger partial charge in [-0.1, -0.05) is 48.9 Å². The molecule has 2 aliphatic rings. The van der Waals surface area contributed by atoms with Gasteiger partial charge in [0.05, 0.1) is 19.3 Å². The summed E-state index contributed by atoms with van der Waals surface area (Å²) in [6.07, 6.45) is -0.826. The van der Waals surface area contributed by atoms with Gasteiger partial charge in [-0.05, 0) is 31.2 Å². The SMILES string of the molecule is CC/C(=C\c1ccccc1)[C@@H]1C[C@H]1N(C(=O)C(F)(F)F)C1CCN(C(CO)CO)CC1. The van der Waals surface area contributed by atoms with E-state index in [0.717, 1.165) is 22.5 Å². The van der Waals surface area contributed by atoms with Crippen LogP contribution in [-0.4, -0.2) is 76.5 Å². The molecule has 1 aliphatic carbocycles. The second-order valence-corrected chi connectivity index (χ2v) is 8.39. The number of piperidine rings is 1. The number of aliphatic hydroxyl groups is 2. The van der Waals surface area contributed by atoms with Crippen LogP contribution in [0.3, 0.4) is 0 Å². The zero-order chi connectivity index (χ0) is 22.6. The van der Waals surface area contributed by atoms with Crippen molar-refractivity contribution in [3.05, 3.63) is 41.5 Å². The number of carbonyl (C=O) groups excluding carboxylic acids is 1. The summed E-state index contributed by atoms with van der Waals surface area (Å²) in [5.74, 6) is -1.81. The van der Waals surface area contributed by atoms with Gasteiger partial charge in [-0.15, -0.1) is 0 Å². The number of carbonyl (C=O) groups is 1. The highest BCUT2D eigenvalue weighted by Gasteiger charge is 2.54. The summed E-state index contributed by atoms with van der Waals surface area (Å²) in [5, 5.41) is 18.7. The lowest BCUT2D eigenvalue weighted by Gasteiger charge is -2.41. The summed E-state index contributed by atoms with van der Waals surface area (Å²) >= 11 is 0. The Hall–Kier alpha value is -1.90. The Morgan fingerprint density at radius 1 is 1.19 bits per heavy atom. The van der Waals surface area contributed by atoms with Crippen molar-refractivity contribution in [2.75, 3.05) is 26.3 Å². The number of likely N-dealkylation sites (tertiary alicyclic amines) is 1.